The normalized spacial score (nSPS) is 9.76. The number of likely N-dealkylation sites (N-methyl/N-ethyl adjacent to an activating group) is 2. The minimum absolute atomic E-state index is 0.0490. The first-order valence-corrected chi connectivity index (χ1v) is 5.70. The highest BCUT2D eigenvalue weighted by Gasteiger charge is 2.09. The van der Waals surface area contributed by atoms with Crippen molar-refractivity contribution in [1.29, 1.82) is 0 Å². The molecule has 1 heterocycles. The van der Waals surface area contributed by atoms with E-state index < -0.39 is 0 Å². The van der Waals surface area contributed by atoms with E-state index in [2.05, 4.69) is 10.3 Å². The van der Waals surface area contributed by atoms with Crippen LogP contribution in [0.25, 0.3) is 0 Å². The van der Waals surface area contributed by atoms with Crippen LogP contribution in [0.4, 0.5) is 5.82 Å². The van der Waals surface area contributed by atoms with E-state index >= 15 is 0 Å². The van der Waals surface area contributed by atoms with E-state index in [0.29, 0.717) is 11.5 Å². The number of nitrogens with two attached hydrogens (primary N) is 1. The van der Waals surface area contributed by atoms with Crippen molar-refractivity contribution in [2.75, 3.05) is 25.0 Å². The molecule has 92 valence electrons. The molecule has 1 amide bonds. The number of nitrogens with one attached hydrogen (secondary N) is 1. The van der Waals surface area contributed by atoms with Crippen LogP contribution in [-0.2, 0) is 4.79 Å². The van der Waals surface area contributed by atoms with Crippen LogP contribution in [0.3, 0.4) is 0 Å². The predicted molar refractivity (Wildman–Crippen MR) is 72.1 cm³/mol. The van der Waals surface area contributed by atoms with Gasteiger partial charge in [0, 0.05) is 25.4 Å². The van der Waals surface area contributed by atoms with Crippen LogP contribution < -0.4 is 16.0 Å². The lowest BCUT2D eigenvalue weighted by Crippen LogP contribution is -2.36. The summed E-state index contributed by atoms with van der Waals surface area (Å²) in [5, 5.41) is 2.58. The highest BCUT2D eigenvalue weighted by Crippen LogP contribution is 2.10. The third-order valence-electron chi connectivity index (χ3n) is 2.35. The van der Waals surface area contributed by atoms with Crippen LogP contribution in [0.5, 0.6) is 0 Å². The molecule has 0 radical (unpaired) electrons. The molecule has 0 unspecified atom stereocenters. The molecule has 1 aromatic heterocycles. The smallest absolute Gasteiger partial charge is 0.239 e. The molecule has 0 aromatic carbocycles. The maximum absolute atomic E-state index is 11.3. The van der Waals surface area contributed by atoms with Crippen LogP contribution in [-0.4, -0.2) is 36.0 Å². The average molecular weight is 252 g/mol. The average Bonchev–Trinajstić information content (AvgIpc) is 2.35. The number of hydrogen-bond acceptors (Lipinski definition) is 4. The fourth-order valence-electron chi connectivity index (χ4n) is 1.33. The Bertz CT molecular complexity index is 404. The van der Waals surface area contributed by atoms with Gasteiger partial charge in [0.05, 0.1) is 6.54 Å². The lowest BCUT2D eigenvalue weighted by atomic mass is 10.3. The summed E-state index contributed by atoms with van der Waals surface area (Å²) in [6.45, 7) is 2.95. The summed E-state index contributed by atoms with van der Waals surface area (Å²) in [6, 6.07) is 3.61. The van der Waals surface area contributed by atoms with Crippen LogP contribution in [0.1, 0.15) is 12.5 Å². The zero-order valence-corrected chi connectivity index (χ0v) is 10.8. The molecule has 0 aliphatic rings. The molecule has 0 fully saturated rings. The molecule has 0 aliphatic carbocycles. The number of rotatable bonds is 5. The van der Waals surface area contributed by atoms with E-state index in [1.54, 1.807) is 25.4 Å². The molecule has 0 spiro atoms. The van der Waals surface area contributed by atoms with E-state index in [9.17, 15) is 4.79 Å². The standard InChI is InChI=1S/C11H16N4OS/c1-3-15(7-10(16)13-2)9-5-4-8(6-14-9)11(12)17/h4-6H,3,7H2,1-2H3,(H2,12,17)(H,13,16). The molecule has 3 N–H and O–H groups in total. The van der Waals surface area contributed by atoms with Gasteiger partial charge in [-0.25, -0.2) is 4.98 Å². The third kappa shape index (κ3) is 3.67. The lowest BCUT2D eigenvalue weighted by molar-refractivity contribution is -0.119. The van der Waals surface area contributed by atoms with Gasteiger partial charge in [-0.15, -0.1) is 0 Å². The van der Waals surface area contributed by atoms with Gasteiger partial charge in [0.15, 0.2) is 0 Å². The zero-order chi connectivity index (χ0) is 12.8. The van der Waals surface area contributed by atoms with E-state index in [0.717, 1.165) is 11.4 Å². The number of thiocarbonyl (C=S) groups is 1. The summed E-state index contributed by atoms with van der Waals surface area (Å²) in [4.78, 5) is 17.7. The van der Waals surface area contributed by atoms with Gasteiger partial charge in [-0.1, -0.05) is 12.2 Å². The summed E-state index contributed by atoms with van der Waals surface area (Å²) in [7, 11) is 1.61. The molecule has 1 rings (SSSR count). The Morgan fingerprint density at radius 3 is 2.71 bits per heavy atom. The van der Waals surface area contributed by atoms with Crippen molar-refractivity contribution in [3.05, 3.63) is 23.9 Å². The molecule has 0 saturated carbocycles. The van der Waals surface area contributed by atoms with E-state index in [1.807, 2.05) is 11.8 Å². The second kappa shape index (κ2) is 6.15. The molecule has 6 heteroatoms. The van der Waals surface area contributed by atoms with Crippen molar-refractivity contribution in [1.82, 2.24) is 10.3 Å². The summed E-state index contributed by atoms with van der Waals surface area (Å²) < 4.78 is 0. The zero-order valence-electron chi connectivity index (χ0n) is 9.93. The van der Waals surface area contributed by atoms with Gasteiger partial charge in [0.1, 0.15) is 10.8 Å². The minimum atomic E-state index is -0.0490. The number of pyridine rings is 1. The Balaban J connectivity index is 2.82. The molecule has 17 heavy (non-hydrogen) atoms. The third-order valence-corrected chi connectivity index (χ3v) is 2.59. The van der Waals surface area contributed by atoms with Gasteiger partial charge in [-0.3, -0.25) is 4.79 Å². The molecule has 0 bridgehead atoms. The van der Waals surface area contributed by atoms with Crippen molar-refractivity contribution in [2.45, 2.75) is 6.92 Å². The summed E-state index contributed by atoms with van der Waals surface area (Å²) in [5.41, 5.74) is 6.21. The second-order valence-electron chi connectivity index (χ2n) is 3.46. The van der Waals surface area contributed by atoms with Crippen molar-refractivity contribution < 1.29 is 4.79 Å². The van der Waals surface area contributed by atoms with Crippen LogP contribution >= 0.6 is 12.2 Å². The first-order valence-electron chi connectivity index (χ1n) is 5.29. The Morgan fingerprint density at radius 1 is 1.59 bits per heavy atom. The van der Waals surface area contributed by atoms with Crippen LogP contribution in [0.15, 0.2) is 18.3 Å². The molecular weight excluding hydrogens is 236 g/mol. The van der Waals surface area contributed by atoms with Crippen molar-refractivity contribution in [3.8, 4) is 0 Å². The largest absolute Gasteiger partial charge is 0.389 e. The highest BCUT2D eigenvalue weighted by molar-refractivity contribution is 7.80. The number of nitrogens with zero attached hydrogens (tertiary/aromatic N) is 2. The topological polar surface area (TPSA) is 71.2 Å². The number of amides is 1. The number of aromatic nitrogens is 1. The van der Waals surface area contributed by atoms with Gasteiger partial charge >= 0.3 is 0 Å². The maximum Gasteiger partial charge on any atom is 0.239 e. The van der Waals surface area contributed by atoms with E-state index in [4.69, 9.17) is 18.0 Å². The van der Waals surface area contributed by atoms with Crippen molar-refractivity contribution in [2.24, 2.45) is 5.73 Å². The quantitative estimate of drug-likeness (QED) is 0.737. The first-order chi connectivity index (χ1) is 8.08. The van der Waals surface area contributed by atoms with Gasteiger partial charge in [0.2, 0.25) is 5.91 Å². The summed E-state index contributed by atoms with van der Waals surface area (Å²) in [5.74, 6) is 0.683. The molecule has 0 aliphatic heterocycles. The van der Waals surface area contributed by atoms with Gasteiger partial charge in [0.25, 0.3) is 0 Å². The number of carbonyl (C=O) groups excluding carboxylic acids is 1. The highest BCUT2D eigenvalue weighted by atomic mass is 32.1. The Kier molecular flexibility index (Phi) is 4.84. The van der Waals surface area contributed by atoms with E-state index in [-0.39, 0.29) is 12.5 Å². The fourth-order valence-corrected chi connectivity index (χ4v) is 1.45. The Hall–Kier alpha value is -1.69. The molecule has 5 nitrogen and oxygen atoms in total. The first kappa shape index (κ1) is 13.4. The monoisotopic (exact) mass is 252 g/mol. The summed E-state index contributed by atoms with van der Waals surface area (Å²) >= 11 is 4.85. The number of anilines is 1. The molecular formula is C11H16N4OS. The maximum atomic E-state index is 11.3. The Morgan fingerprint density at radius 2 is 2.29 bits per heavy atom. The van der Waals surface area contributed by atoms with Gasteiger partial charge in [-0.2, -0.15) is 0 Å². The van der Waals surface area contributed by atoms with E-state index in [1.165, 1.54) is 0 Å². The minimum Gasteiger partial charge on any atom is -0.389 e. The molecule has 0 atom stereocenters. The molecule has 0 saturated heterocycles. The predicted octanol–water partition coefficient (Wildman–Crippen LogP) is 0.288. The van der Waals surface area contributed by atoms with Crippen molar-refractivity contribution >= 4 is 28.9 Å². The van der Waals surface area contributed by atoms with Crippen LogP contribution in [0, 0.1) is 0 Å². The number of carbonyl (C=O) groups is 1. The van der Waals surface area contributed by atoms with Crippen LogP contribution in [0.2, 0.25) is 0 Å². The SMILES string of the molecule is CCN(CC(=O)NC)c1ccc(C(N)=S)cn1. The summed E-state index contributed by atoms with van der Waals surface area (Å²) in [6.07, 6.45) is 1.62. The van der Waals surface area contributed by atoms with Gasteiger partial charge in [-0.05, 0) is 19.1 Å². The van der Waals surface area contributed by atoms with Gasteiger partial charge < -0.3 is 16.0 Å². The second-order valence-corrected chi connectivity index (χ2v) is 3.90. The van der Waals surface area contributed by atoms with Crippen molar-refractivity contribution in [3.63, 3.8) is 0 Å². The number of hydrogen-bond donors (Lipinski definition) is 2. The molecule has 1 aromatic rings. The fraction of sp³-hybridized carbons (Fsp3) is 0.364. The Labute approximate surface area is 106 Å². The lowest BCUT2D eigenvalue weighted by Gasteiger charge is -2.20.